The Labute approximate surface area is 124 Å². The molecule has 6 nitrogen and oxygen atoms in total. The number of hydrogen-bond acceptors (Lipinski definition) is 3. The molecule has 0 aliphatic heterocycles. The molecule has 0 unspecified atom stereocenters. The van der Waals surface area contributed by atoms with E-state index in [0.29, 0.717) is 18.4 Å². The first-order chi connectivity index (χ1) is 9.49. The number of hydrazine groups is 1. The predicted molar refractivity (Wildman–Crippen MR) is 75.9 cm³/mol. The van der Waals surface area contributed by atoms with Gasteiger partial charge in [-0.15, -0.1) is 0 Å². The number of hydrogen-bond donors (Lipinski definition) is 3. The Kier molecular flexibility index (Phi) is 6.72. The number of carboxylic acid groups (broad SMARTS) is 1. The van der Waals surface area contributed by atoms with Gasteiger partial charge in [0.25, 0.3) is 5.91 Å². The van der Waals surface area contributed by atoms with Crippen molar-refractivity contribution >= 4 is 33.7 Å². The number of benzene rings is 1. The van der Waals surface area contributed by atoms with E-state index < -0.39 is 11.9 Å². The molecule has 0 saturated carbocycles. The monoisotopic (exact) mass is 342 g/mol. The highest BCUT2D eigenvalue weighted by atomic mass is 79.9. The largest absolute Gasteiger partial charge is 0.481 e. The molecule has 0 heterocycles. The normalized spacial score (nSPS) is 9.85. The lowest BCUT2D eigenvalue weighted by Crippen LogP contribution is -2.41. The minimum Gasteiger partial charge on any atom is -0.481 e. The van der Waals surface area contributed by atoms with Crippen molar-refractivity contribution in [3.8, 4) is 0 Å². The molecule has 3 N–H and O–H groups in total. The van der Waals surface area contributed by atoms with E-state index in [-0.39, 0.29) is 18.7 Å². The van der Waals surface area contributed by atoms with Gasteiger partial charge in [-0.25, -0.2) is 0 Å². The van der Waals surface area contributed by atoms with Gasteiger partial charge in [-0.2, -0.15) is 0 Å². The lowest BCUT2D eigenvalue weighted by Gasteiger charge is -2.07. The number of carbonyl (C=O) groups excluding carboxylic acids is 2. The number of rotatable bonds is 6. The SMILES string of the molecule is O=C(O)CCCCC(=O)NNC(=O)c1ccc(Br)cc1. The second-order valence-corrected chi connectivity index (χ2v) is 5.03. The molecule has 0 fully saturated rings. The summed E-state index contributed by atoms with van der Waals surface area (Å²) >= 11 is 3.26. The van der Waals surface area contributed by atoms with E-state index in [1.165, 1.54) is 0 Å². The van der Waals surface area contributed by atoms with E-state index in [1.807, 2.05) is 0 Å². The molecule has 0 radical (unpaired) electrons. The first-order valence-corrected chi connectivity index (χ1v) is 6.85. The molecular weight excluding hydrogens is 328 g/mol. The highest BCUT2D eigenvalue weighted by Crippen LogP contribution is 2.10. The molecule has 2 amide bonds. The number of amides is 2. The van der Waals surface area contributed by atoms with E-state index in [0.717, 1.165) is 4.47 Å². The first kappa shape index (κ1) is 16.2. The summed E-state index contributed by atoms with van der Waals surface area (Å²) in [4.78, 5) is 33.3. The van der Waals surface area contributed by atoms with Crippen LogP contribution in [-0.4, -0.2) is 22.9 Å². The van der Waals surface area contributed by atoms with Crippen LogP contribution in [0.5, 0.6) is 0 Å². The van der Waals surface area contributed by atoms with Gasteiger partial charge in [-0.1, -0.05) is 15.9 Å². The van der Waals surface area contributed by atoms with E-state index in [1.54, 1.807) is 24.3 Å². The minimum atomic E-state index is -0.881. The zero-order valence-electron chi connectivity index (χ0n) is 10.7. The van der Waals surface area contributed by atoms with Crippen molar-refractivity contribution in [3.05, 3.63) is 34.3 Å². The fraction of sp³-hybridized carbons (Fsp3) is 0.308. The summed E-state index contributed by atoms with van der Waals surface area (Å²) in [5.41, 5.74) is 5.01. The maximum absolute atomic E-state index is 11.7. The van der Waals surface area contributed by atoms with Crippen LogP contribution in [0.15, 0.2) is 28.7 Å². The molecule has 0 saturated heterocycles. The summed E-state index contributed by atoms with van der Waals surface area (Å²) in [5, 5.41) is 8.44. The fourth-order valence-corrected chi connectivity index (χ4v) is 1.69. The molecular formula is C13H15BrN2O4. The third kappa shape index (κ3) is 6.33. The molecule has 0 aromatic heterocycles. The first-order valence-electron chi connectivity index (χ1n) is 6.05. The smallest absolute Gasteiger partial charge is 0.303 e. The number of unbranched alkanes of at least 4 members (excludes halogenated alkanes) is 1. The third-order valence-corrected chi connectivity index (χ3v) is 3.00. The lowest BCUT2D eigenvalue weighted by molar-refractivity contribution is -0.137. The van der Waals surface area contributed by atoms with E-state index in [4.69, 9.17) is 5.11 Å². The number of halogens is 1. The topological polar surface area (TPSA) is 95.5 Å². The Morgan fingerprint density at radius 2 is 1.60 bits per heavy atom. The van der Waals surface area contributed by atoms with E-state index in [2.05, 4.69) is 26.8 Å². The Balaban J connectivity index is 2.25. The van der Waals surface area contributed by atoms with Crippen LogP contribution in [0.3, 0.4) is 0 Å². The van der Waals surface area contributed by atoms with Gasteiger partial charge in [0, 0.05) is 22.9 Å². The Morgan fingerprint density at radius 3 is 2.20 bits per heavy atom. The predicted octanol–water partition coefficient (Wildman–Crippen LogP) is 1.86. The maximum Gasteiger partial charge on any atom is 0.303 e. The summed E-state index contributed by atoms with van der Waals surface area (Å²) in [5.74, 6) is -1.63. The van der Waals surface area contributed by atoms with Crippen molar-refractivity contribution in [2.24, 2.45) is 0 Å². The molecule has 1 aromatic carbocycles. The molecule has 1 aromatic rings. The van der Waals surface area contributed by atoms with Crippen LogP contribution < -0.4 is 10.9 Å². The average Bonchev–Trinajstić information content (AvgIpc) is 2.41. The van der Waals surface area contributed by atoms with Crippen molar-refractivity contribution in [2.75, 3.05) is 0 Å². The fourth-order valence-electron chi connectivity index (χ4n) is 1.42. The molecule has 1 rings (SSSR count). The zero-order chi connectivity index (χ0) is 15.0. The highest BCUT2D eigenvalue weighted by Gasteiger charge is 2.07. The molecule has 0 aliphatic rings. The van der Waals surface area contributed by atoms with Crippen LogP contribution in [-0.2, 0) is 9.59 Å². The number of carbonyl (C=O) groups is 3. The molecule has 7 heteroatoms. The van der Waals surface area contributed by atoms with E-state index >= 15 is 0 Å². The highest BCUT2D eigenvalue weighted by molar-refractivity contribution is 9.10. The summed E-state index contributed by atoms with van der Waals surface area (Å²) in [6.07, 6.45) is 1.11. The Bertz CT molecular complexity index is 488. The van der Waals surface area contributed by atoms with Gasteiger partial charge in [0.1, 0.15) is 0 Å². The van der Waals surface area contributed by atoms with Crippen LogP contribution in [0.4, 0.5) is 0 Å². The van der Waals surface area contributed by atoms with Gasteiger partial charge < -0.3 is 5.11 Å². The number of carboxylic acids is 1. The van der Waals surface area contributed by atoms with Crippen molar-refractivity contribution < 1.29 is 19.5 Å². The molecule has 0 aliphatic carbocycles. The summed E-state index contributed by atoms with van der Waals surface area (Å²) in [6, 6.07) is 6.70. The summed E-state index contributed by atoms with van der Waals surface area (Å²) < 4.78 is 0.858. The van der Waals surface area contributed by atoms with Crippen LogP contribution in [0.1, 0.15) is 36.0 Å². The van der Waals surface area contributed by atoms with Crippen LogP contribution in [0.2, 0.25) is 0 Å². The summed E-state index contributed by atoms with van der Waals surface area (Å²) in [7, 11) is 0. The van der Waals surface area contributed by atoms with Gasteiger partial charge in [-0.05, 0) is 37.1 Å². The van der Waals surface area contributed by atoms with Crippen LogP contribution in [0, 0.1) is 0 Å². The number of nitrogens with one attached hydrogen (secondary N) is 2. The van der Waals surface area contributed by atoms with Crippen molar-refractivity contribution in [1.29, 1.82) is 0 Å². The molecule has 0 spiro atoms. The zero-order valence-corrected chi connectivity index (χ0v) is 12.3. The maximum atomic E-state index is 11.7. The minimum absolute atomic E-state index is 0.0402. The second kappa shape index (κ2) is 8.31. The number of aliphatic carboxylic acids is 1. The van der Waals surface area contributed by atoms with E-state index in [9.17, 15) is 14.4 Å². The summed E-state index contributed by atoms with van der Waals surface area (Å²) in [6.45, 7) is 0. The second-order valence-electron chi connectivity index (χ2n) is 4.11. The van der Waals surface area contributed by atoms with Crippen LogP contribution in [0.25, 0.3) is 0 Å². The van der Waals surface area contributed by atoms with Gasteiger partial charge in [-0.3, -0.25) is 25.2 Å². The van der Waals surface area contributed by atoms with Crippen molar-refractivity contribution in [2.45, 2.75) is 25.7 Å². The molecule has 20 heavy (non-hydrogen) atoms. The Hall–Kier alpha value is -1.89. The standard InChI is InChI=1S/C13H15BrN2O4/c14-10-7-5-9(6-8-10)13(20)16-15-11(17)3-1-2-4-12(18)19/h5-8H,1-4H2,(H,15,17)(H,16,20)(H,18,19). The van der Waals surface area contributed by atoms with Gasteiger partial charge in [0.05, 0.1) is 0 Å². The van der Waals surface area contributed by atoms with Crippen molar-refractivity contribution in [3.63, 3.8) is 0 Å². The van der Waals surface area contributed by atoms with Crippen LogP contribution >= 0.6 is 15.9 Å². The molecule has 0 bridgehead atoms. The quantitative estimate of drug-likeness (QED) is 0.543. The Morgan fingerprint density at radius 1 is 1.00 bits per heavy atom. The lowest BCUT2D eigenvalue weighted by atomic mass is 10.2. The van der Waals surface area contributed by atoms with Gasteiger partial charge in [0.2, 0.25) is 5.91 Å². The van der Waals surface area contributed by atoms with Gasteiger partial charge >= 0.3 is 5.97 Å². The molecule has 108 valence electrons. The van der Waals surface area contributed by atoms with Crippen molar-refractivity contribution in [1.82, 2.24) is 10.9 Å². The molecule has 0 atom stereocenters. The average molecular weight is 343 g/mol. The third-order valence-electron chi connectivity index (χ3n) is 2.47. The van der Waals surface area contributed by atoms with Gasteiger partial charge in [0.15, 0.2) is 0 Å².